The molecular formula is C17H28FNO2. The Morgan fingerprint density at radius 2 is 2.00 bits per heavy atom. The highest BCUT2D eigenvalue weighted by Crippen LogP contribution is 2.18. The summed E-state index contributed by atoms with van der Waals surface area (Å²) in [6.07, 6.45) is 2.05. The Hall–Kier alpha value is -0.970. The summed E-state index contributed by atoms with van der Waals surface area (Å²) in [7, 11) is 0. The van der Waals surface area contributed by atoms with Crippen LogP contribution in [0.15, 0.2) is 24.3 Å². The van der Waals surface area contributed by atoms with Crippen molar-refractivity contribution in [2.75, 3.05) is 26.4 Å². The smallest absolute Gasteiger partial charge is 0.123 e. The van der Waals surface area contributed by atoms with Crippen LogP contribution in [0, 0.1) is 5.82 Å². The van der Waals surface area contributed by atoms with Gasteiger partial charge in [0.15, 0.2) is 0 Å². The lowest BCUT2D eigenvalue weighted by molar-refractivity contribution is 0.00283. The van der Waals surface area contributed by atoms with Crippen molar-refractivity contribution in [2.45, 2.75) is 45.8 Å². The lowest BCUT2D eigenvalue weighted by Crippen LogP contribution is -2.29. The van der Waals surface area contributed by atoms with E-state index in [2.05, 4.69) is 26.1 Å². The van der Waals surface area contributed by atoms with Crippen molar-refractivity contribution < 1.29 is 13.9 Å². The molecule has 0 heterocycles. The Morgan fingerprint density at radius 3 is 2.67 bits per heavy atom. The van der Waals surface area contributed by atoms with Gasteiger partial charge in [0.2, 0.25) is 0 Å². The monoisotopic (exact) mass is 297 g/mol. The van der Waals surface area contributed by atoms with Gasteiger partial charge in [0, 0.05) is 19.2 Å². The van der Waals surface area contributed by atoms with Crippen LogP contribution < -0.4 is 5.32 Å². The van der Waals surface area contributed by atoms with Crippen LogP contribution in [0.3, 0.4) is 0 Å². The van der Waals surface area contributed by atoms with Crippen LogP contribution in [-0.2, 0) is 9.47 Å². The molecule has 120 valence electrons. The third kappa shape index (κ3) is 8.15. The predicted molar refractivity (Wildman–Crippen MR) is 84.0 cm³/mol. The zero-order chi connectivity index (χ0) is 15.5. The number of hydrogen-bond acceptors (Lipinski definition) is 3. The molecule has 0 fully saturated rings. The van der Waals surface area contributed by atoms with Crippen molar-refractivity contribution in [3.63, 3.8) is 0 Å². The molecule has 0 spiro atoms. The van der Waals surface area contributed by atoms with Crippen LogP contribution in [0.1, 0.15) is 45.3 Å². The van der Waals surface area contributed by atoms with Crippen molar-refractivity contribution in [1.29, 1.82) is 0 Å². The minimum atomic E-state index is -0.232. The molecule has 1 aromatic carbocycles. The molecule has 3 nitrogen and oxygen atoms in total. The summed E-state index contributed by atoms with van der Waals surface area (Å²) >= 11 is 0. The molecule has 0 aliphatic heterocycles. The molecule has 0 saturated heterocycles. The molecule has 4 heteroatoms. The summed E-state index contributed by atoms with van der Waals surface area (Å²) in [5, 5.41) is 3.34. The van der Waals surface area contributed by atoms with Gasteiger partial charge in [-0.05, 0) is 24.1 Å². The van der Waals surface area contributed by atoms with Gasteiger partial charge < -0.3 is 14.8 Å². The maximum atomic E-state index is 13.4. The molecule has 1 rings (SSSR count). The first kappa shape index (κ1) is 18.1. The van der Waals surface area contributed by atoms with Gasteiger partial charge in [-0.15, -0.1) is 0 Å². The maximum absolute atomic E-state index is 13.4. The Kier molecular flexibility index (Phi) is 9.22. The summed E-state index contributed by atoms with van der Waals surface area (Å²) in [4.78, 5) is 0. The highest BCUT2D eigenvalue weighted by Gasteiger charge is 2.13. The first-order valence-corrected chi connectivity index (χ1v) is 7.81. The first-order valence-electron chi connectivity index (χ1n) is 7.81. The Labute approximate surface area is 127 Å². The van der Waals surface area contributed by atoms with Crippen molar-refractivity contribution in [1.82, 2.24) is 5.32 Å². The number of benzene rings is 1. The van der Waals surface area contributed by atoms with Crippen molar-refractivity contribution in [2.24, 2.45) is 0 Å². The maximum Gasteiger partial charge on any atom is 0.123 e. The Balaban J connectivity index is 2.45. The standard InChI is InChI=1S/C17H28FNO2/c1-4-5-9-20-10-11-21-17(13-19-14(2)3)15-7-6-8-16(18)12-15/h6-8,12,14,17,19H,4-5,9-11,13H2,1-3H3. The zero-order valence-corrected chi connectivity index (χ0v) is 13.4. The van der Waals surface area contributed by atoms with Crippen LogP contribution in [0.25, 0.3) is 0 Å². The molecular weight excluding hydrogens is 269 g/mol. The molecule has 0 aliphatic carbocycles. The van der Waals surface area contributed by atoms with Gasteiger partial charge >= 0.3 is 0 Å². The number of halogens is 1. The molecule has 1 N–H and O–H groups in total. The van der Waals surface area contributed by atoms with E-state index in [0.717, 1.165) is 25.0 Å². The zero-order valence-electron chi connectivity index (χ0n) is 13.4. The van der Waals surface area contributed by atoms with Gasteiger partial charge in [-0.1, -0.05) is 39.3 Å². The van der Waals surface area contributed by atoms with Gasteiger partial charge in [-0.25, -0.2) is 4.39 Å². The molecule has 0 aromatic heterocycles. The van der Waals surface area contributed by atoms with Crippen molar-refractivity contribution in [3.8, 4) is 0 Å². The molecule has 1 atom stereocenters. The van der Waals surface area contributed by atoms with E-state index in [9.17, 15) is 4.39 Å². The Morgan fingerprint density at radius 1 is 1.19 bits per heavy atom. The van der Waals surface area contributed by atoms with E-state index in [4.69, 9.17) is 9.47 Å². The lowest BCUT2D eigenvalue weighted by Gasteiger charge is -2.20. The predicted octanol–water partition coefficient (Wildman–Crippen LogP) is 3.70. The third-order valence-electron chi connectivity index (χ3n) is 3.12. The SMILES string of the molecule is CCCCOCCOC(CNC(C)C)c1cccc(F)c1. The number of unbranched alkanes of at least 4 members (excludes halogenated alkanes) is 1. The molecule has 21 heavy (non-hydrogen) atoms. The van der Waals surface area contributed by atoms with E-state index >= 15 is 0 Å². The van der Waals surface area contributed by atoms with Gasteiger partial charge in [0.1, 0.15) is 5.82 Å². The second-order valence-electron chi connectivity index (χ2n) is 5.44. The average molecular weight is 297 g/mol. The molecule has 0 radical (unpaired) electrons. The third-order valence-corrected chi connectivity index (χ3v) is 3.12. The molecule has 0 amide bonds. The normalized spacial score (nSPS) is 12.8. The highest BCUT2D eigenvalue weighted by atomic mass is 19.1. The highest BCUT2D eigenvalue weighted by molar-refractivity contribution is 5.19. The van der Waals surface area contributed by atoms with Crippen molar-refractivity contribution >= 4 is 0 Å². The van der Waals surface area contributed by atoms with Crippen LogP contribution in [0.2, 0.25) is 0 Å². The summed E-state index contributed by atoms with van der Waals surface area (Å²) in [5.41, 5.74) is 0.858. The molecule has 0 saturated carbocycles. The van der Waals surface area contributed by atoms with E-state index in [1.165, 1.54) is 12.1 Å². The second kappa shape index (κ2) is 10.7. The fourth-order valence-corrected chi connectivity index (χ4v) is 1.92. The number of rotatable bonds is 11. The number of nitrogens with one attached hydrogen (secondary N) is 1. The quantitative estimate of drug-likeness (QED) is 0.632. The van der Waals surface area contributed by atoms with Crippen LogP contribution in [0.4, 0.5) is 4.39 Å². The summed E-state index contributed by atoms with van der Waals surface area (Å²) in [6.45, 7) is 8.83. The van der Waals surface area contributed by atoms with E-state index < -0.39 is 0 Å². The summed E-state index contributed by atoms with van der Waals surface area (Å²) < 4.78 is 24.7. The topological polar surface area (TPSA) is 30.5 Å². The molecule has 0 aliphatic rings. The van der Waals surface area contributed by atoms with Crippen LogP contribution in [0.5, 0.6) is 0 Å². The van der Waals surface area contributed by atoms with Gasteiger partial charge in [-0.3, -0.25) is 0 Å². The largest absolute Gasteiger partial charge is 0.379 e. The van der Waals surface area contributed by atoms with Gasteiger partial charge in [0.25, 0.3) is 0 Å². The first-order chi connectivity index (χ1) is 10.1. The fourth-order valence-electron chi connectivity index (χ4n) is 1.92. The van der Waals surface area contributed by atoms with Gasteiger partial charge in [-0.2, -0.15) is 0 Å². The van der Waals surface area contributed by atoms with E-state index in [-0.39, 0.29) is 11.9 Å². The fraction of sp³-hybridized carbons (Fsp3) is 0.647. The minimum Gasteiger partial charge on any atom is -0.379 e. The lowest BCUT2D eigenvalue weighted by atomic mass is 10.1. The van der Waals surface area contributed by atoms with Crippen molar-refractivity contribution in [3.05, 3.63) is 35.6 Å². The number of ether oxygens (including phenoxy) is 2. The summed E-state index contributed by atoms with van der Waals surface area (Å²) in [5.74, 6) is -0.232. The van der Waals surface area contributed by atoms with Gasteiger partial charge in [0.05, 0.1) is 19.3 Å². The second-order valence-corrected chi connectivity index (χ2v) is 5.44. The van der Waals surface area contributed by atoms with E-state index in [1.807, 2.05) is 6.07 Å². The summed E-state index contributed by atoms with van der Waals surface area (Å²) in [6, 6.07) is 6.96. The van der Waals surface area contributed by atoms with Crippen LogP contribution >= 0.6 is 0 Å². The van der Waals surface area contributed by atoms with E-state index in [1.54, 1.807) is 6.07 Å². The molecule has 1 aromatic rings. The van der Waals surface area contributed by atoms with Crippen LogP contribution in [-0.4, -0.2) is 32.4 Å². The van der Waals surface area contributed by atoms with E-state index in [0.29, 0.717) is 25.8 Å². The minimum absolute atomic E-state index is 0.155. The number of hydrogen-bond donors (Lipinski definition) is 1. The Bertz CT molecular complexity index is 385. The average Bonchev–Trinajstić information content (AvgIpc) is 2.45. The molecule has 0 bridgehead atoms. The molecule has 1 unspecified atom stereocenters.